The molecule has 0 aromatic carbocycles. The average molecular weight is 189 g/mol. The molecule has 2 nitrogen and oxygen atoms in total. The molecule has 0 bridgehead atoms. The Hall–Kier alpha value is -0.150. The maximum Gasteiger partial charge on any atom is 0.113 e. The lowest BCUT2D eigenvalue weighted by molar-refractivity contribution is 0.0554. The van der Waals surface area contributed by atoms with Crippen molar-refractivity contribution in [2.75, 3.05) is 19.8 Å². The fourth-order valence-electron chi connectivity index (χ4n) is 1.87. The van der Waals surface area contributed by atoms with E-state index < -0.39 is 0 Å². The van der Waals surface area contributed by atoms with E-state index in [1.807, 2.05) is 0 Å². The second-order valence-electron chi connectivity index (χ2n) is 4.15. The summed E-state index contributed by atoms with van der Waals surface area (Å²) in [6.07, 6.45) is 2.47. The van der Waals surface area contributed by atoms with Gasteiger partial charge in [0.25, 0.3) is 0 Å². The molecule has 0 spiro atoms. The number of hydrogen-bond donors (Lipinski definition) is 1. The standard InChI is InChI=1S/C10H20FNO/c1-8(2)5-9-6-10(7-12-9)13-4-3-11/h8-10,12H,3-7H2,1-2H3/t9-,10+/m0/s1. The minimum Gasteiger partial charge on any atom is -0.374 e. The van der Waals surface area contributed by atoms with Gasteiger partial charge in [-0.3, -0.25) is 0 Å². The van der Waals surface area contributed by atoms with Gasteiger partial charge in [0.05, 0.1) is 12.7 Å². The van der Waals surface area contributed by atoms with Crippen LogP contribution in [0.3, 0.4) is 0 Å². The third-order valence-corrected chi connectivity index (χ3v) is 2.37. The molecule has 1 aliphatic heterocycles. The molecule has 13 heavy (non-hydrogen) atoms. The highest BCUT2D eigenvalue weighted by atomic mass is 19.1. The van der Waals surface area contributed by atoms with Gasteiger partial charge >= 0.3 is 0 Å². The lowest BCUT2D eigenvalue weighted by Crippen LogP contribution is -2.23. The highest BCUT2D eigenvalue weighted by Crippen LogP contribution is 2.16. The van der Waals surface area contributed by atoms with Gasteiger partial charge in [-0.25, -0.2) is 4.39 Å². The molecule has 1 heterocycles. The van der Waals surface area contributed by atoms with E-state index in [0.717, 1.165) is 18.9 Å². The highest BCUT2D eigenvalue weighted by Gasteiger charge is 2.24. The van der Waals surface area contributed by atoms with Crippen molar-refractivity contribution >= 4 is 0 Å². The lowest BCUT2D eigenvalue weighted by Gasteiger charge is -2.12. The van der Waals surface area contributed by atoms with Crippen molar-refractivity contribution < 1.29 is 9.13 Å². The van der Waals surface area contributed by atoms with Crippen molar-refractivity contribution in [2.24, 2.45) is 5.92 Å². The molecular formula is C10H20FNO. The monoisotopic (exact) mass is 189 g/mol. The Labute approximate surface area is 79.8 Å². The summed E-state index contributed by atoms with van der Waals surface area (Å²) in [5.74, 6) is 0.720. The molecule has 3 heteroatoms. The Bertz CT molecular complexity index is 141. The fraction of sp³-hybridized carbons (Fsp3) is 1.00. The average Bonchev–Trinajstić information content (AvgIpc) is 2.48. The summed E-state index contributed by atoms with van der Waals surface area (Å²) in [5.41, 5.74) is 0. The van der Waals surface area contributed by atoms with Crippen LogP contribution in [-0.2, 0) is 4.74 Å². The maximum atomic E-state index is 11.8. The zero-order valence-electron chi connectivity index (χ0n) is 8.55. The number of halogens is 1. The van der Waals surface area contributed by atoms with E-state index >= 15 is 0 Å². The molecule has 0 radical (unpaired) electrons. The molecule has 1 saturated heterocycles. The van der Waals surface area contributed by atoms with Crippen molar-refractivity contribution in [3.63, 3.8) is 0 Å². The van der Waals surface area contributed by atoms with Gasteiger partial charge in [-0.15, -0.1) is 0 Å². The van der Waals surface area contributed by atoms with Crippen LogP contribution in [-0.4, -0.2) is 32.0 Å². The van der Waals surface area contributed by atoms with Crippen molar-refractivity contribution in [1.29, 1.82) is 0 Å². The van der Waals surface area contributed by atoms with Crippen LogP contribution in [0, 0.1) is 5.92 Å². The summed E-state index contributed by atoms with van der Waals surface area (Å²) < 4.78 is 17.1. The van der Waals surface area contributed by atoms with E-state index in [1.165, 1.54) is 6.42 Å². The first-order valence-corrected chi connectivity index (χ1v) is 5.13. The first kappa shape index (κ1) is 10.9. The van der Waals surface area contributed by atoms with E-state index in [2.05, 4.69) is 19.2 Å². The summed E-state index contributed by atoms with van der Waals surface area (Å²) in [4.78, 5) is 0. The normalized spacial score (nSPS) is 28.6. The maximum absolute atomic E-state index is 11.8. The Morgan fingerprint density at radius 2 is 2.31 bits per heavy atom. The summed E-state index contributed by atoms with van der Waals surface area (Å²) in [6.45, 7) is 5.21. The second-order valence-corrected chi connectivity index (χ2v) is 4.15. The Kier molecular flexibility index (Phi) is 4.67. The van der Waals surface area contributed by atoms with Gasteiger partial charge in [0, 0.05) is 12.6 Å². The van der Waals surface area contributed by atoms with Gasteiger partial charge in [-0.1, -0.05) is 13.8 Å². The van der Waals surface area contributed by atoms with E-state index in [1.54, 1.807) is 0 Å². The third kappa shape index (κ3) is 4.05. The zero-order chi connectivity index (χ0) is 9.68. The summed E-state index contributed by atoms with van der Waals surface area (Å²) >= 11 is 0. The molecule has 1 aliphatic rings. The van der Waals surface area contributed by atoms with Crippen LogP contribution in [0.2, 0.25) is 0 Å². The minimum atomic E-state index is -0.370. The van der Waals surface area contributed by atoms with Gasteiger partial charge in [-0.05, 0) is 18.8 Å². The number of alkyl halides is 1. The van der Waals surface area contributed by atoms with E-state index in [0.29, 0.717) is 6.04 Å². The molecular weight excluding hydrogens is 169 g/mol. The second kappa shape index (κ2) is 5.55. The molecule has 0 amide bonds. The number of hydrogen-bond acceptors (Lipinski definition) is 2. The minimum absolute atomic E-state index is 0.236. The molecule has 0 unspecified atom stereocenters. The zero-order valence-corrected chi connectivity index (χ0v) is 8.55. The lowest BCUT2D eigenvalue weighted by atomic mass is 10.0. The molecule has 1 N–H and O–H groups in total. The smallest absolute Gasteiger partial charge is 0.113 e. The predicted molar refractivity (Wildman–Crippen MR) is 51.6 cm³/mol. The van der Waals surface area contributed by atoms with Crippen LogP contribution in [0.25, 0.3) is 0 Å². The van der Waals surface area contributed by atoms with Gasteiger partial charge in [0.15, 0.2) is 0 Å². The van der Waals surface area contributed by atoms with Crippen molar-refractivity contribution in [3.05, 3.63) is 0 Å². The number of nitrogens with one attached hydrogen (secondary N) is 1. The van der Waals surface area contributed by atoms with Crippen LogP contribution in [0.5, 0.6) is 0 Å². The topological polar surface area (TPSA) is 21.3 Å². The van der Waals surface area contributed by atoms with Crippen LogP contribution in [0.1, 0.15) is 26.7 Å². The summed E-state index contributed by atoms with van der Waals surface area (Å²) in [6, 6.07) is 0.574. The predicted octanol–water partition coefficient (Wildman–Crippen LogP) is 1.75. The van der Waals surface area contributed by atoms with Gasteiger partial charge in [0.1, 0.15) is 6.67 Å². The SMILES string of the molecule is CC(C)C[C@H]1C[C@@H](OCCF)CN1. The van der Waals surface area contributed by atoms with Crippen LogP contribution >= 0.6 is 0 Å². The fourth-order valence-corrected chi connectivity index (χ4v) is 1.87. The Morgan fingerprint density at radius 3 is 2.92 bits per heavy atom. The van der Waals surface area contributed by atoms with Crippen molar-refractivity contribution in [1.82, 2.24) is 5.32 Å². The number of ether oxygens (including phenoxy) is 1. The van der Waals surface area contributed by atoms with Gasteiger partial charge < -0.3 is 10.1 Å². The number of rotatable bonds is 5. The van der Waals surface area contributed by atoms with E-state index in [-0.39, 0.29) is 19.4 Å². The summed E-state index contributed by atoms with van der Waals surface area (Å²) in [5, 5.41) is 3.40. The summed E-state index contributed by atoms with van der Waals surface area (Å²) in [7, 11) is 0. The van der Waals surface area contributed by atoms with Gasteiger partial charge in [-0.2, -0.15) is 0 Å². The Balaban J connectivity index is 2.12. The molecule has 0 saturated carbocycles. The van der Waals surface area contributed by atoms with Crippen molar-refractivity contribution in [3.8, 4) is 0 Å². The van der Waals surface area contributed by atoms with Crippen LogP contribution in [0.4, 0.5) is 4.39 Å². The van der Waals surface area contributed by atoms with Crippen LogP contribution < -0.4 is 5.32 Å². The molecule has 1 rings (SSSR count). The quantitative estimate of drug-likeness (QED) is 0.711. The molecule has 2 atom stereocenters. The highest BCUT2D eigenvalue weighted by molar-refractivity contribution is 4.82. The molecule has 1 fully saturated rings. The molecule has 78 valence electrons. The Morgan fingerprint density at radius 1 is 1.54 bits per heavy atom. The van der Waals surface area contributed by atoms with E-state index in [9.17, 15) is 4.39 Å². The molecule has 0 aliphatic carbocycles. The first-order chi connectivity index (χ1) is 6.22. The first-order valence-electron chi connectivity index (χ1n) is 5.13. The van der Waals surface area contributed by atoms with Crippen molar-refractivity contribution in [2.45, 2.75) is 38.8 Å². The third-order valence-electron chi connectivity index (χ3n) is 2.37. The van der Waals surface area contributed by atoms with E-state index in [4.69, 9.17) is 4.74 Å². The molecule has 0 aromatic rings. The largest absolute Gasteiger partial charge is 0.374 e. The van der Waals surface area contributed by atoms with Gasteiger partial charge in [0.2, 0.25) is 0 Å². The molecule has 0 aromatic heterocycles. The van der Waals surface area contributed by atoms with Crippen LogP contribution in [0.15, 0.2) is 0 Å².